The number of nitrogens with two attached hydrogens (primary N) is 1. The summed E-state index contributed by atoms with van der Waals surface area (Å²) in [5.74, 6) is 0.915. The molecule has 0 amide bonds. The van der Waals surface area contributed by atoms with Crippen LogP contribution in [0.25, 0.3) is 0 Å². The molecule has 1 atom stereocenters. The summed E-state index contributed by atoms with van der Waals surface area (Å²) in [6, 6.07) is 8.76. The van der Waals surface area contributed by atoms with Gasteiger partial charge in [-0.2, -0.15) is 0 Å². The Morgan fingerprint density at radius 1 is 1.31 bits per heavy atom. The van der Waals surface area contributed by atoms with E-state index in [2.05, 4.69) is 36.2 Å². The maximum absolute atomic E-state index is 5.84. The van der Waals surface area contributed by atoms with Gasteiger partial charge in [-0.15, -0.1) is 0 Å². The lowest BCUT2D eigenvalue weighted by atomic mass is 9.85. The summed E-state index contributed by atoms with van der Waals surface area (Å²) in [5.41, 5.74) is 8.35. The number of benzene rings is 1. The van der Waals surface area contributed by atoms with Crippen molar-refractivity contribution >= 4 is 5.69 Å². The van der Waals surface area contributed by atoms with Crippen LogP contribution in [0, 0.1) is 5.92 Å². The minimum atomic E-state index is 0.131. The Morgan fingerprint density at radius 2 is 1.94 bits per heavy atom. The van der Waals surface area contributed by atoms with Crippen molar-refractivity contribution in [3.63, 3.8) is 0 Å². The van der Waals surface area contributed by atoms with Crippen LogP contribution < -0.4 is 10.6 Å². The lowest BCUT2D eigenvalue weighted by molar-refractivity contribution is 0.321. The molecule has 2 N–H and O–H groups in total. The van der Waals surface area contributed by atoms with Gasteiger partial charge < -0.3 is 10.6 Å². The van der Waals surface area contributed by atoms with Gasteiger partial charge in [0.1, 0.15) is 0 Å². The quantitative estimate of drug-likeness (QED) is 0.842. The van der Waals surface area contributed by atoms with Crippen LogP contribution in [0.5, 0.6) is 0 Å². The Hall–Kier alpha value is -1.02. The van der Waals surface area contributed by atoms with Crippen LogP contribution in [-0.2, 0) is 0 Å². The molecule has 0 spiro atoms. The zero-order chi connectivity index (χ0) is 11.5. The predicted octanol–water partition coefficient (Wildman–Crippen LogP) is 2.94. The number of hydrogen-bond acceptors (Lipinski definition) is 2. The molecule has 16 heavy (non-hydrogen) atoms. The van der Waals surface area contributed by atoms with Gasteiger partial charge in [-0.1, -0.05) is 18.6 Å². The zero-order valence-corrected chi connectivity index (χ0v) is 10.3. The third-order valence-electron chi connectivity index (χ3n) is 3.62. The molecule has 0 saturated heterocycles. The average molecular weight is 218 g/mol. The normalized spacial score (nSPS) is 17.9. The molecule has 1 saturated carbocycles. The fourth-order valence-electron chi connectivity index (χ4n) is 2.20. The molecule has 0 unspecified atom stereocenters. The van der Waals surface area contributed by atoms with Gasteiger partial charge in [0.05, 0.1) is 0 Å². The molecule has 2 rings (SSSR count). The van der Waals surface area contributed by atoms with Gasteiger partial charge in [-0.3, -0.25) is 0 Å². The van der Waals surface area contributed by atoms with Crippen molar-refractivity contribution in [1.29, 1.82) is 0 Å². The molecule has 1 aliphatic rings. The average Bonchev–Trinajstić information content (AvgIpc) is 2.23. The van der Waals surface area contributed by atoms with Gasteiger partial charge in [0.25, 0.3) is 0 Å². The van der Waals surface area contributed by atoms with E-state index >= 15 is 0 Å². The lowest BCUT2D eigenvalue weighted by Gasteiger charge is -2.31. The molecule has 1 aliphatic carbocycles. The van der Waals surface area contributed by atoms with Gasteiger partial charge in [-0.05, 0) is 43.4 Å². The van der Waals surface area contributed by atoms with Crippen LogP contribution in [0.4, 0.5) is 5.69 Å². The Morgan fingerprint density at radius 3 is 2.38 bits per heavy atom. The summed E-state index contributed by atoms with van der Waals surface area (Å²) < 4.78 is 0. The summed E-state index contributed by atoms with van der Waals surface area (Å²) in [6.07, 6.45) is 4.23. The molecular weight excluding hydrogens is 196 g/mol. The highest BCUT2D eigenvalue weighted by Crippen LogP contribution is 2.28. The second kappa shape index (κ2) is 4.88. The zero-order valence-electron chi connectivity index (χ0n) is 10.3. The Balaban J connectivity index is 1.97. The second-order valence-electron chi connectivity index (χ2n) is 5.06. The van der Waals surface area contributed by atoms with Crippen molar-refractivity contribution < 1.29 is 0 Å². The topological polar surface area (TPSA) is 29.3 Å². The van der Waals surface area contributed by atoms with Gasteiger partial charge >= 0.3 is 0 Å². The number of hydrogen-bond donors (Lipinski definition) is 1. The minimum Gasteiger partial charge on any atom is -0.374 e. The Kier molecular flexibility index (Phi) is 3.49. The maximum atomic E-state index is 5.84. The first-order valence-electron chi connectivity index (χ1n) is 6.23. The number of nitrogens with zero attached hydrogens (tertiary/aromatic N) is 1. The van der Waals surface area contributed by atoms with Crippen molar-refractivity contribution in [2.75, 3.05) is 18.5 Å². The summed E-state index contributed by atoms with van der Waals surface area (Å²) >= 11 is 0. The maximum Gasteiger partial charge on any atom is 0.0363 e. The van der Waals surface area contributed by atoms with Crippen LogP contribution >= 0.6 is 0 Å². The summed E-state index contributed by atoms with van der Waals surface area (Å²) in [6.45, 7) is 3.21. The predicted molar refractivity (Wildman–Crippen MR) is 69.7 cm³/mol. The van der Waals surface area contributed by atoms with Gasteiger partial charge in [-0.25, -0.2) is 0 Å². The molecule has 1 aromatic rings. The van der Waals surface area contributed by atoms with E-state index in [1.54, 1.807) is 0 Å². The fraction of sp³-hybridized carbons (Fsp3) is 0.571. The third kappa shape index (κ3) is 2.56. The van der Waals surface area contributed by atoms with Crippen molar-refractivity contribution in [3.05, 3.63) is 29.8 Å². The van der Waals surface area contributed by atoms with Crippen molar-refractivity contribution in [2.24, 2.45) is 11.7 Å². The standard InChI is InChI=1S/C14H22N2/c1-11(15)13-6-8-14(9-7-13)16(2)10-12-4-3-5-12/h6-9,11-12H,3-5,10,15H2,1-2H3/t11-/m0/s1. The molecule has 0 aromatic heterocycles. The molecule has 0 aliphatic heterocycles. The van der Waals surface area contributed by atoms with Crippen LogP contribution in [-0.4, -0.2) is 13.6 Å². The fourth-order valence-corrected chi connectivity index (χ4v) is 2.20. The van der Waals surface area contributed by atoms with E-state index in [0.717, 1.165) is 5.92 Å². The molecule has 2 nitrogen and oxygen atoms in total. The summed E-state index contributed by atoms with van der Waals surface area (Å²) in [7, 11) is 2.18. The molecule has 0 radical (unpaired) electrons. The van der Waals surface area contributed by atoms with E-state index in [1.165, 1.54) is 37.1 Å². The molecule has 1 aromatic carbocycles. The molecule has 0 bridgehead atoms. The summed E-state index contributed by atoms with van der Waals surface area (Å²) in [5, 5.41) is 0. The first-order valence-corrected chi connectivity index (χ1v) is 6.23. The smallest absolute Gasteiger partial charge is 0.0363 e. The van der Waals surface area contributed by atoms with E-state index < -0.39 is 0 Å². The highest BCUT2D eigenvalue weighted by molar-refractivity contribution is 5.47. The second-order valence-corrected chi connectivity index (χ2v) is 5.06. The van der Waals surface area contributed by atoms with E-state index in [1.807, 2.05) is 6.92 Å². The van der Waals surface area contributed by atoms with E-state index in [-0.39, 0.29) is 6.04 Å². The first kappa shape index (κ1) is 11.5. The number of rotatable bonds is 4. The highest BCUT2D eigenvalue weighted by atomic mass is 15.1. The molecular formula is C14H22N2. The first-order chi connectivity index (χ1) is 7.66. The minimum absolute atomic E-state index is 0.131. The molecule has 1 fully saturated rings. The van der Waals surface area contributed by atoms with Crippen LogP contribution in [0.2, 0.25) is 0 Å². The van der Waals surface area contributed by atoms with Gasteiger partial charge in [0.15, 0.2) is 0 Å². The van der Waals surface area contributed by atoms with E-state index in [9.17, 15) is 0 Å². The van der Waals surface area contributed by atoms with Crippen molar-refractivity contribution in [1.82, 2.24) is 0 Å². The van der Waals surface area contributed by atoms with Crippen molar-refractivity contribution in [3.8, 4) is 0 Å². The van der Waals surface area contributed by atoms with Crippen molar-refractivity contribution in [2.45, 2.75) is 32.2 Å². The highest BCUT2D eigenvalue weighted by Gasteiger charge is 2.19. The lowest BCUT2D eigenvalue weighted by Crippen LogP contribution is -2.29. The monoisotopic (exact) mass is 218 g/mol. The largest absolute Gasteiger partial charge is 0.374 e. The molecule has 88 valence electrons. The van der Waals surface area contributed by atoms with Crippen LogP contribution in [0.3, 0.4) is 0 Å². The molecule has 0 heterocycles. The summed E-state index contributed by atoms with van der Waals surface area (Å²) in [4.78, 5) is 2.36. The Labute approximate surface area is 98.4 Å². The SMILES string of the molecule is C[C@H](N)c1ccc(N(C)CC2CCC2)cc1. The van der Waals surface area contributed by atoms with Gasteiger partial charge in [0.2, 0.25) is 0 Å². The van der Waals surface area contributed by atoms with E-state index in [0.29, 0.717) is 0 Å². The third-order valence-corrected chi connectivity index (χ3v) is 3.62. The Bertz CT molecular complexity index is 325. The molecule has 2 heteroatoms. The van der Waals surface area contributed by atoms with Gasteiger partial charge in [0, 0.05) is 25.3 Å². The van der Waals surface area contributed by atoms with Crippen LogP contribution in [0.15, 0.2) is 24.3 Å². The van der Waals surface area contributed by atoms with Crippen LogP contribution in [0.1, 0.15) is 37.8 Å². The number of anilines is 1. The van der Waals surface area contributed by atoms with E-state index in [4.69, 9.17) is 5.73 Å².